The molecule has 1 amide bonds. The first-order valence-electron chi connectivity index (χ1n) is 8.64. The van der Waals surface area contributed by atoms with E-state index in [1.165, 1.54) is 6.07 Å². The van der Waals surface area contributed by atoms with Crippen LogP contribution in [-0.4, -0.2) is 64.2 Å². The lowest BCUT2D eigenvalue weighted by atomic mass is 10.2. The molecule has 0 aliphatic carbocycles. The van der Waals surface area contributed by atoms with E-state index in [1.54, 1.807) is 15.7 Å². The molecule has 0 atom stereocenters. The highest BCUT2D eigenvalue weighted by Gasteiger charge is 2.30. The molecular formula is C18H20N4O4. The fraction of sp³-hybridized carbons (Fsp3) is 0.389. The molecule has 2 aliphatic rings. The lowest BCUT2D eigenvalue weighted by Crippen LogP contribution is -2.49. The van der Waals surface area contributed by atoms with Gasteiger partial charge >= 0.3 is 5.97 Å². The van der Waals surface area contributed by atoms with E-state index < -0.39 is 5.97 Å². The van der Waals surface area contributed by atoms with Crippen LogP contribution >= 0.6 is 0 Å². The summed E-state index contributed by atoms with van der Waals surface area (Å²) in [6.07, 6.45) is 1.76. The van der Waals surface area contributed by atoms with Crippen molar-refractivity contribution >= 4 is 17.7 Å². The van der Waals surface area contributed by atoms with E-state index in [1.807, 2.05) is 18.2 Å². The van der Waals surface area contributed by atoms with Gasteiger partial charge in [0.2, 0.25) is 0 Å². The number of rotatable bonds is 3. The van der Waals surface area contributed by atoms with Gasteiger partial charge in [-0.2, -0.15) is 0 Å². The van der Waals surface area contributed by atoms with Gasteiger partial charge in [0.15, 0.2) is 0 Å². The van der Waals surface area contributed by atoms with E-state index in [4.69, 9.17) is 4.74 Å². The quantitative estimate of drug-likeness (QED) is 0.885. The molecule has 1 N–H and O–H groups in total. The van der Waals surface area contributed by atoms with Crippen LogP contribution in [-0.2, 0) is 17.9 Å². The predicted octanol–water partition coefficient (Wildman–Crippen LogP) is 1.07. The molecule has 2 aliphatic heterocycles. The second kappa shape index (κ2) is 6.80. The highest BCUT2D eigenvalue weighted by Crippen LogP contribution is 2.23. The van der Waals surface area contributed by atoms with Crippen LogP contribution in [0.4, 0.5) is 5.82 Å². The number of fused-ring (bicyclic) bond motifs is 1. The molecule has 8 heteroatoms. The van der Waals surface area contributed by atoms with Gasteiger partial charge in [-0.05, 0) is 18.2 Å². The van der Waals surface area contributed by atoms with Crippen LogP contribution in [0, 0.1) is 0 Å². The number of hydrogen-bond donors (Lipinski definition) is 1. The molecule has 0 unspecified atom stereocenters. The van der Waals surface area contributed by atoms with Gasteiger partial charge in [-0.3, -0.25) is 4.79 Å². The number of carbonyl (C=O) groups excluding carboxylic acids is 1. The smallest absolute Gasteiger partial charge is 0.337 e. The Morgan fingerprint density at radius 2 is 1.92 bits per heavy atom. The third-order valence-electron chi connectivity index (χ3n) is 4.90. The van der Waals surface area contributed by atoms with Gasteiger partial charge in [0, 0.05) is 38.9 Å². The average Bonchev–Trinajstić information content (AvgIpc) is 3.08. The Balaban J connectivity index is 1.52. The normalized spacial score (nSPS) is 17.1. The molecule has 8 nitrogen and oxygen atoms in total. The molecule has 0 aromatic carbocycles. The van der Waals surface area contributed by atoms with E-state index in [0.717, 1.165) is 5.82 Å². The average molecular weight is 356 g/mol. The maximum absolute atomic E-state index is 13.0. The molecule has 1 fully saturated rings. The first-order valence-corrected chi connectivity index (χ1v) is 8.64. The Bertz CT molecular complexity index is 825. The molecule has 0 bridgehead atoms. The Morgan fingerprint density at radius 1 is 1.12 bits per heavy atom. The Hall–Kier alpha value is -2.87. The van der Waals surface area contributed by atoms with Gasteiger partial charge < -0.3 is 24.2 Å². The number of hydrogen-bond acceptors (Lipinski definition) is 5. The van der Waals surface area contributed by atoms with Crippen molar-refractivity contribution in [2.45, 2.75) is 13.2 Å². The van der Waals surface area contributed by atoms with Crippen molar-refractivity contribution in [3.8, 4) is 0 Å². The van der Waals surface area contributed by atoms with E-state index in [9.17, 15) is 14.7 Å². The summed E-state index contributed by atoms with van der Waals surface area (Å²) >= 11 is 0. The number of piperazine rings is 1. The maximum atomic E-state index is 13.0. The van der Waals surface area contributed by atoms with Crippen LogP contribution in [0.25, 0.3) is 0 Å². The van der Waals surface area contributed by atoms with E-state index in [2.05, 4.69) is 9.88 Å². The molecule has 4 heterocycles. The maximum Gasteiger partial charge on any atom is 0.337 e. The molecule has 4 rings (SSSR count). The minimum absolute atomic E-state index is 0.124. The summed E-state index contributed by atoms with van der Waals surface area (Å²) in [5.74, 6) is -0.246. The van der Waals surface area contributed by atoms with Gasteiger partial charge in [0.1, 0.15) is 11.5 Å². The van der Waals surface area contributed by atoms with E-state index >= 15 is 0 Å². The zero-order chi connectivity index (χ0) is 18.1. The van der Waals surface area contributed by atoms with E-state index in [-0.39, 0.29) is 18.1 Å². The van der Waals surface area contributed by atoms with Gasteiger partial charge in [0.05, 0.1) is 24.5 Å². The van der Waals surface area contributed by atoms with Crippen LogP contribution in [0.15, 0.2) is 30.5 Å². The van der Waals surface area contributed by atoms with Crippen molar-refractivity contribution < 1.29 is 19.4 Å². The summed E-state index contributed by atoms with van der Waals surface area (Å²) in [6, 6.07) is 7.27. The first kappa shape index (κ1) is 16.6. The SMILES string of the molecule is O=C(O)c1cc(C(=O)N2CCN(c3ccccn3)CC2)n2c1COCC2. The van der Waals surface area contributed by atoms with Crippen molar-refractivity contribution in [2.24, 2.45) is 0 Å². The summed E-state index contributed by atoms with van der Waals surface area (Å²) in [7, 11) is 0. The molecule has 0 saturated carbocycles. The molecule has 2 aromatic heterocycles. The fourth-order valence-corrected chi connectivity index (χ4v) is 3.53. The Morgan fingerprint density at radius 3 is 2.62 bits per heavy atom. The van der Waals surface area contributed by atoms with Crippen molar-refractivity contribution in [3.05, 3.63) is 47.4 Å². The van der Waals surface area contributed by atoms with Crippen LogP contribution in [0.2, 0.25) is 0 Å². The van der Waals surface area contributed by atoms with Gasteiger partial charge in [-0.1, -0.05) is 6.07 Å². The number of carbonyl (C=O) groups is 2. The van der Waals surface area contributed by atoms with Crippen molar-refractivity contribution in [3.63, 3.8) is 0 Å². The van der Waals surface area contributed by atoms with Gasteiger partial charge in [-0.15, -0.1) is 0 Å². The first-order chi connectivity index (χ1) is 12.6. The largest absolute Gasteiger partial charge is 0.478 e. The lowest BCUT2D eigenvalue weighted by molar-refractivity contribution is 0.0640. The molecule has 0 spiro atoms. The second-order valence-corrected chi connectivity index (χ2v) is 6.37. The van der Waals surface area contributed by atoms with Crippen LogP contribution in [0.1, 0.15) is 26.5 Å². The summed E-state index contributed by atoms with van der Waals surface area (Å²) in [5.41, 5.74) is 1.16. The van der Waals surface area contributed by atoms with Gasteiger partial charge in [-0.25, -0.2) is 9.78 Å². The number of aromatic nitrogens is 2. The lowest BCUT2D eigenvalue weighted by Gasteiger charge is -2.35. The summed E-state index contributed by atoms with van der Waals surface area (Å²) in [4.78, 5) is 32.7. The number of anilines is 1. The molecular weight excluding hydrogens is 336 g/mol. The highest BCUT2D eigenvalue weighted by atomic mass is 16.5. The third-order valence-corrected chi connectivity index (χ3v) is 4.90. The molecule has 1 saturated heterocycles. The van der Waals surface area contributed by atoms with E-state index in [0.29, 0.717) is 50.7 Å². The third kappa shape index (κ3) is 2.92. The number of amides is 1. The van der Waals surface area contributed by atoms with Crippen LogP contribution in [0.3, 0.4) is 0 Å². The summed E-state index contributed by atoms with van der Waals surface area (Å²) in [6.45, 7) is 3.76. The topological polar surface area (TPSA) is 87.9 Å². The molecule has 0 radical (unpaired) electrons. The standard InChI is InChI=1S/C18H20N4O4/c23-17(14-11-13(18(24)25)15-12-26-10-9-22(14)15)21-7-5-20(6-8-21)16-3-1-2-4-19-16/h1-4,11H,5-10,12H2,(H,24,25). The fourth-order valence-electron chi connectivity index (χ4n) is 3.53. The second-order valence-electron chi connectivity index (χ2n) is 6.37. The minimum Gasteiger partial charge on any atom is -0.478 e. The minimum atomic E-state index is -1.03. The number of pyridine rings is 1. The molecule has 26 heavy (non-hydrogen) atoms. The Labute approximate surface area is 150 Å². The van der Waals surface area contributed by atoms with Crippen molar-refractivity contribution in [2.75, 3.05) is 37.7 Å². The number of ether oxygens (including phenoxy) is 1. The molecule has 2 aromatic rings. The van der Waals surface area contributed by atoms with Crippen LogP contribution in [0.5, 0.6) is 0 Å². The summed E-state index contributed by atoms with van der Waals surface area (Å²) in [5, 5.41) is 9.40. The van der Waals surface area contributed by atoms with Crippen molar-refractivity contribution in [1.82, 2.24) is 14.5 Å². The van der Waals surface area contributed by atoms with Crippen LogP contribution < -0.4 is 4.90 Å². The zero-order valence-corrected chi connectivity index (χ0v) is 14.3. The number of aromatic carboxylic acids is 1. The monoisotopic (exact) mass is 356 g/mol. The highest BCUT2D eigenvalue weighted by molar-refractivity contribution is 5.98. The predicted molar refractivity (Wildman–Crippen MR) is 93.4 cm³/mol. The number of carboxylic acids is 1. The van der Waals surface area contributed by atoms with Crippen molar-refractivity contribution in [1.29, 1.82) is 0 Å². The zero-order valence-electron chi connectivity index (χ0n) is 14.3. The van der Waals surface area contributed by atoms with Gasteiger partial charge in [0.25, 0.3) is 5.91 Å². The molecule has 136 valence electrons. The number of nitrogens with zero attached hydrogens (tertiary/aromatic N) is 4. The summed E-state index contributed by atoms with van der Waals surface area (Å²) < 4.78 is 7.16. The Kier molecular flexibility index (Phi) is 4.34. The number of carboxylic acid groups (broad SMARTS) is 1.